The minimum atomic E-state index is -0.0887. The number of hydrogen-bond acceptors (Lipinski definition) is 2. The summed E-state index contributed by atoms with van der Waals surface area (Å²) in [5.74, 6) is 0.586. The van der Waals surface area contributed by atoms with E-state index < -0.39 is 0 Å². The van der Waals surface area contributed by atoms with Crippen molar-refractivity contribution < 1.29 is 4.74 Å². The van der Waals surface area contributed by atoms with Crippen LogP contribution in [0.4, 0.5) is 0 Å². The topological polar surface area (TPSA) is 12.5 Å². The van der Waals surface area contributed by atoms with Gasteiger partial charge in [0.2, 0.25) is 0 Å². The van der Waals surface area contributed by atoms with E-state index in [-0.39, 0.29) is 5.60 Å². The number of ether oxygens (including phenoxy) is 1. The van der Waals surface area contributed by atoms with Gasteiger partial charge in [0.05, 0.1) is 5.60 Å². The SMILES string of the molecule is CCC.CO[C@]1(c2cccc(C)c2)CCCCC1CN(C)C. The second-order valence-corrected chi connectivity index (χ2v) is 6.88. The molecular formula is C20H35NO. The number of benzene rings is 1. The molecule has 1 aliphatic carbocycles. The van der Waals surface area contributed by atoms with Crippen molar-refractivity contribution in [2.45, 2.75) is 58.5 Å². The van der Waals surface area contributed by atoms with E-state index in [0.29, 0.717) is 5.92 Å². The largest absolute Gasteiger partial charge is 0.373 e. The van der Waals surface area contributed by atoms with Gasteiger partial charge in [-0.1, -0.05) is 62.9 Å². The Balaban J connectivity index is 0.000000745. The first-order chi connectivity index (χ1) is 10.5. The van der Waals surface area contributed by atoms with Gasteiger partial charge in [0.15, 0.2) is 0 Å². The zero-order valence-electron chi connectivity index (χ0n) is 15.5. The third-order valence-electron chi connectivity index (χ3n) is 4.47. The van der Waals surface area contributed by atoms with Crippen molar-refractivity contribution in [2.75, 3.05) is 27.7 Å². The molecule has 1 aromatic rings. The van der Waals surface area contributed by atoms with Crippen molar-refractivity contribution in [1.82, 2.24) is 4.90 Å². The Bertz CT molecular complexity index is 429. The second-order valence-electron chi connectivity index (χ2n) is 6.88. The lowest BCUT2D eigenvalue weighted by atomic mass is 9.71. The van der Waals surface area contributed by atoms with Gasteiger partial charge in [-0.05, 0) is 39.4 Å². The fraction of sp³-hybridized carbons (Fsp3) is 0.700. The normalized spacial score (nSPS) is 24.8. The second kappa shape index (κ2) is 9.32. The summed E-state index contributed by atoms with van der Waals surface area (Å²) < 4.78 is 6.11. The Morgan fingerprint density at radius 3 is 2.45 bits per heavy atom. The van der Waals surface area contributed by atoms with E-state index >= 15 is 0 Å². The average molecular weight is 306 g/mol. The van der Waals surface area contributed by atoms with Crippen molar-refractivity contribution in [2.24, 2.45) is 5.92 Å². The molecule has 1 unspecified atom stereocenters. The summed E-state index contributed by atoms with van der Waals surface area (Å²) in [4.78, 5) is 2.29. The maximum Gasteiger partial charge on any atom is 0.0967 e. The van der Waals surface area contributed by atoms with E-state index in [1.165, 1.54) is 36.8 Å². The molecule has 126 valence electrons. The Labute approximate surface area is 137 Å². The zero-order chi connectivity index (χ0) is 16.6. The van der Waals surface area contributed by atoms with Gasteiger partial charge >= 0.3 is 0 Å². The van der Waals surface area contributed by atoms with Gasteiger partial charge in [0.25, 0.3) is 0 Å². The van der Waals surface area contributed by atoms with Crippen molar-refractivity contribution in [3.8, 4) is 0 Å². The van der Waals surface area contributed by atoms with Crippen LogP contribution in [0, 0.1) is 12.8 Å². The third kappa shape index (κ3) is 4.82. The van der Waals surface area contributed by atoms with Crippen molar-refractivity contribution in [1.29, 1.82) is 0 Å². The van der Waals surface area contributed by atoms with Gasteiger partial charge < -0.3 is 9.64 Å². The third-order valence-corrected chi connectivity index (χ3v) is 4.47. The van der Waals surface area contributed by atoms with Crippen molar-refractivity contribution in [3.05, 3.63) is 35.4 Å². The van der Waals surface area contributed by atoms with Crippen LogP contribution in [-0.2, 0) is 10.3 Å². The predicted octanol–water partition coefficient (Wildman–Crippen LogP) is 5.00. The quantitative estimate of drug-likeness (QED) is 0.775. The van der Waals surface area contributed by atoms with Gasteiger partial charge in [-0.25, -0.2) is 0 Å². The molecule has 0 N–H and O–H groups in total. The number of nitrogens with zero attached hydrogens (tertiary/aromatic N) is 1. The fourth-order valence-corrected chi connectivity index (χ4v) is 3.57. The Hall–Kier alpha value is -0.860. The molecule has 0 aromatic heterocycles. The van der Waals surface area contributed by atoms with E-state index in [0.717, 1.165) is 13.0 Å². The summed E-state index contributed by atoms with van der Waals surface area (Å²) in [7, 11) is 6.20. The first-order valence-corrected chi connectivity index (χ1v) is 8.77. The lowest BCUT2D eigenvalue weighted by molar-refractivity contribution is -0.0952. The first kappa shape index (κ1) is 19.2. The van der Waals surface area contributed by atoms with Gasteiger partial charge in [-0.2, -0.15) is 0 Å². The van der Waals surface area contributed by atoms with Crippen LogP contribution in [0.15, 0.2) is 24.3 Å². The fourth-order valence-electron chi connectivity index (χ4n) is 3.57. The van der Waals surface area contributed by atoms with Crippen LogP contribution < -0.4 is 0 Å². The molecule has 2 atom stereocenters. The van der Waals surface area contributed by atoms with Gasteiger partial charge in [0, 0.05) is 19.6 Å². The molecule has 1 aliphatic rings. The smallest absolute Gasteiger partial charge is 0.0967 e. The van der Waals surface area contributed by atoms with Crippen LogP contribution in [0.5, 0.6) is 0 Å². The molecule has 0 aliphatic heterocycles. The van der Waals surface area contributed by atoms with Gasteiger partial charge in [-0.15, -0.1) is 0 Å². The van der Waals surface area contributed by atoms with E-state index in [1.807, 2.05) is 7.11 Å². The highest BCUT2D eigenvalue weighted by Gasteiger charge is 2.42. The summed E-state index contributed by atoms with van der Waals surface area (Å²) in [6.07, 6.45) is 6.26. The van der Waals surface area contributed by atoms with Crippen molar-refractivity contribution in [3.63, 3.8) is 0 Å². The molecule has 0 amide bonds. The summed E-state index contributed by atoms with van der Waals surface area (Å²) in [5.41, 5.74) is 2.60. The van der Waals surface area contributed by atoms with E-state index in [2.05, 4.69) is 64.0 Å². The number of rotatable bonds is 4. The molecule has 0 spiro atoms. The molecule has 1 fully saturated rings. The van der Waals surface area contributed by atoms with Crippen molar-refractivity contribution >= 4 is 0 Å². The van der Waals surface area contributed by atoms with E-state index in [4.69, 9.17) is 4.74 Å². The number of methoxy groups -OCH3 is 1. The molecule has 1 saturated carbocycles. The predicted molar refractivity (Wildman–Crippen MR) is 96.3 cm³/mol. The summed E-state index contributed by atoms with van der Waals surface area (Å²) in [6, 6.07) is 8.87. The molecular weight excluding hydrogens is 270 g/mol. The molecule has 2 heteroatoms. The van der Waals surface area contributed by atoms with Crippen LogP contribution >= 0.6 is 0 Å². The maximum absolute atomic E-state index is 6.11. The molecule has 2 nitrogen and oxygen atoms in total. The minimum Gasteiger partial charge on any atom is -0.373 e. The monoisotopic (exact) mass is 305 g/mol. The number of hydrogen-bond donors (Lipinski definition) is 0. The van der Waals surface area contributed by atoms with E-state index in [1.54, 1.807) is 0 Å². The molecule has 0 radical (unpaired) electrons. The zero-order valence-corrected chi connectivity index (χ0v) is 15.5. The van der Waals surface area contributed by atoms with Crippen LogP contribution in [0.25, 0.3) is 0 Å². The van der Waals surface area contributed by atoms with Gasteiger partial charge in [0.1, 0.15) is 0 Å². The molecule has 0 heterocycles. The standard InChI is InChI=1S/C17H27NO.C3H8/c1-14-8-7-10-15(12-14)17(19-4)11-6-5-9-16(17)13-18(2)3;1-3-2/h7-8,10,12,16H,5-6,9,11,13H2,1-4H3;3H2,1-2H3/t16?,17-;/m0./s1. The van der Waals surface area contributed by atoms with Crippen LogP contribution in [-0.4, -0.2) is 32.6 Å². The summed E-state index contributed by atoms with van der Waals surface area (Å²) in [5, 5.41) is 0. The highest BCUT2D eigenvalue weighted by atomic mass is 16.5. The lowest BCUT2D eigenvalue weighted by Crippen LogP contribution is -2.44. The molecule has 0 saturated heterocycles. The maximum atomic E-state index is 6.11. The summed E-state index contributed by atoms with van der Waals surface area (Å²) >= 11 is 0. The molecule has 2 rings (SSSR count). The Morgan fingerprint density at radius 1 is 1.23 bits per heavy atom. The molecule has 1 aromatic carbocycles. The molecule has 22 heavy (non-hydrogen) atoms. The van der Waals surface area contributed by atoms with Gasteiger partial charge in [-0.3, -0.25) is 0 Å². The highest BCUT2D eigenvalue weighted by molar-refractivity contribution is 5.29. The number of aryl methyl sites for hydroxylation is 1. The van der Waals surface area contributed by atoms with Crippen LogP contribution in [0.2, 0.25) is 0 Å². The highest BCUT2D eigenvalue weighted by Crippen LogP contribution is 2.44. The molecule has 0 bridgehead atoms. The Kier molecular flexibility index (Phi) is 8.13. The van der Waals surface area contributed by atoms with Crippen LogP contribution in [0.3, 0.4) is 0 Å². The van der Waals surface area contributed by atoms with E-state index in [9.17, 15) is 0 Å². The first-order valence-electron chi connectivity index (χ1n) is 8.77. The van der Waals surface area contributed by atoms with Crippen LogP contribution in [0.1, 0.15) is 57.1 Å². The average Bonchev–Trinajstić information content (AvgIpc) is 2.48. The summed E-state index contributed by atoms with van der Waals surface area (Å²) in [6.45, 7) is 7.51. The minimum absolute atomic E-state index is 0.0887. The Morgan fingerprint density at radius 2 is 1.91 bits per heavy atom. The lowest BCUT2D eigenvalue weighted by Gasteiger charge is -2.44.